The van der Waals surface area contributed by atoms with Crippen LogP contribution in [0.15, 0.2) is 18.2 Å². The average Bonchev–Trinajstić information content (AvgIpc) is 2.50. The van der Waals surface area contributed by atoms with E-state index < -0.39 is 11.6 Å². The summed E-state index contributed by atoms with van der Waals surface area (Å²) in [6, 6.07) is 3.80. The fourth-order valence-corrected chi connectivity index (χ4v) is 2.62. The zero-order chi connectivity index (χ0) is 14.8. The van der Waals surface area contributed by atoms with Crippen LogP contribution in [-0.2, 0) is 19.4 Å². The second-order valence-electron chi connectivity index (χ2n) is 5.22. The molecule has 0 spiro atoms. The Morgan fingerprint density at radius 3 is 2.81 bits per heavy atom. The normalized spacial score (nSPS) is 14.0. The molecule has 0 aliphatic carbocycles. The molecule has 0 saturated heterocycles. The van der Waals surface area contributed by atoms with Gasteiger partial charge in [-0.25, -0.2) is 18.7 Å². The maximum atomic E-state index is 13.4. The number of rotatable bonds is 3. The molecule has 1 N–H and O–H groups in total. The van der Waals surface area contributed by atoms with Crippen molar-refractivity contribution in [3.8, 4) is 11.4 Å². The van der Waals surface area contributed by atoms with E-state index in [1.807, 2.05) is 0 Å². The van der Waals surface area contributed by atoms with E-state index in [2.05, 4.69) is 22.2 Å². The Hall–Kier alpha value is -1.88. The Balaban J connectivity index is 2.09. The molecule has 1 aliphatic rings. The minimum absolute atomic E-state index is 0.484. The van der Waals surface area contributed by atoms with E-state index in [9.17, 15) is 8.78 Å². The quantitative estimate of drug-likeness (QED) is 0.944. The second-order valence-corrected chi connectivity index (χ2v) is 5.22. The fraction of sp³-hybridized carbons (Fsp3) is 0.375. The topological polar surface area (TPSA) is 37.8 Å². The standard InChI is InChI=1S/C16H17F2N3/c1-2-3-14-11-9-19-7-6-15(11)21-16(20-14)10-4-5-12(17)13(18)8-10/h4-5,8,19H,2-3,6-7,9H2,1H3. The molecule has 2 aromatic rings. The summed E-state index contributed by atoms with van der Waals surface area (Å²) < 4.78 is 26.5. The molecule has 21 heavy (non-hydrogen) atoms. The predicted molar refractivity (Wildman–Crippen MR) is 76.8 cm³/mol. The molecule has 0 unspecified atom stereocenters. The average molecular weight is 289 g/mol. The number of aryl methyl sites for hydroxylation is 1. The van der Waals surface area contributed by atoms with Gasteiger partial charge in [-0.15, -0.1) is 0 Å². The highest BCUT2D eigenvalue weighted by atomic mass is 19.2. The zero-order valence-electron chi connectivity index (χ0n) is 11.9. The molecule has 3 rings (SSSR count). The summed E-state index contributed by atoms with van der Waals surface area (Å²) in [7, 11) is 0. The van der Waals surface area contributed by atoms with Gasteiger partial charge in [-0.3, -0.25) is 0 Å². The molecule has 0 atom stereocenters. The van der Waals surface area contributed by atoms with E-state index >= 15 is 0 Å². The van der Waals surface area contributed by atoms with E-state index in [0.717, 1.165) is 61.4 Å². The van der Waals surface area contributed by atoms with Gasteiger partial charge < -0.3 is 5.32 Å². The fourth-order valence-electron chi connectivity index (χ4n) is 2.62. The van der Waals surface area contributed by atoms with Crippen LogP contribution in [0.2, 0.25) is 0 Å². The first-order valence-corrected chi connectivity index (χ1v) is 7.24. The number of nitrogens with zero attached hydrogens (tertiary/aromatic N) is 2. The number of nitrogens with one attached hydrogen (secondary N) is 1. The first-order chi connectivity index (χ1) is 10.2. The molecule has 1 aliphatic heterocycles. The summed E-state index contributed by atoms with van der Waals surface area (Å²) in [4.78, 5) is 9.13. The van der Waals surface area contributed by atoms with Gasteiger partial charge in [-0.1, -0.05) is 13.3 Å². The molecule has 110 valence electrons. The maximum absolute atomic E-state index is 13.4. The van der Waals surface area contributed by atoms with Crippen molar-refractivity contribution in [2.24, 2.45) is 0 Å². The van der Waals surface area contributed by atoms with E-state index in [0.29, 0.717) is 11.4 Å². The van der Waals surface area contributed by atoms with Crippen molar-refractivity contribution in [3.05, 3.63) is 46.8 Å². The smallest absolute Gasteiger partial charge is 0.159 e. The SMILES string of the molecule is CCCc1nc(-c2ccc(F)c(F)c2)nc2c1CNCC2. The van der Waals surface area contributed by atoms with Gasteiger partial charge in [0.05, 0.1) is 5.69 Å². The Bertz CT molecular complexity index is 671. The van der Waals surface area contributed by atoms with E-state index in [-0.39, 0.29) is 0 Å². The molecule has 5 heteroatoms. The maximum Gasteiger partial charge on any atom is 0.159 e. The van der Waals surface area contributed by atoms with Crippen LogP contribution >= 0.6 is 0 Å². The van der Waals surface area contributed by atoms with Gasteiger partial charge in [-0.2, -0.15) is 0 Å². The highest BCUT2D eigenvalue weighted by Gasteiger charge is 2.18. The Morgan fingerprint density at radius 1 is 1.19 bits per heavy atom. The van der Waals surface area contributed by atoms with Gasteiger partial charge in [0.1, 0.15) is 0 Å². The van der Waals surface area contributed by atoms with Crippen LogP contribution in [0.4, 0.5) is 8.78 Å². The van der Waals surface area contributed by atoms with Crippen LogP contribution in [0.5, 0.6) is 0 Å². The molecule has 0 fully saturated rings. The third-order valence-electron chi connectivity index (χ3n) is 3.68. The first kappa shape index (κ1) is 14.1. The third kappa shape index (κ3) is 2.78. The van der Waals surface area contributed by atoms with Gasteiger partial charge in [0, 0.05) is 36.3 Å². The zero-order valence-corrected chi connectivity index (χ0v) is 11.9. The molecule has 0 bridgehead atoms. The van der Waals surface area contributed by atoms with Crippen LogP contribution in [0.3, 0.4) is 0 Å². The lowest BCUT2D eigenvalue weighted by Crippen LogP contribution is -2.26. The lowest BCUT2D eigenvalue weighted by molar-refractivity contribution is 0.509. The number of hydrogen-bond donors (Lipinski definition) is 1. The number of benzene rings is 1. The Kier molecular flexibility index (Phi) is 3.92. The molecule has 2 heterocycles. The highest BCUT2D eigenvalue weighted by molar-refractivity contribution is 5.56. The summed E-state index contributed by atoms with van der Waals surface area (Å²) in [5.41, 5.74) is 3.71. The molecule has 1 aromatic heterocycles. The predicted octanol–water partition coefficient (Wildman–Crippen LogP) is 3.02. The van der Waals surface area contributed by atoms with Crippen molar-refractivity contribution >= 4 is 0 Å². The van der Waals surface area contributed by atoms with Crippen LogP contribution < -0.4 is 5.32 Å². The summed E-state index contributed by atoms with van der Waals surface area (Å²) in [6.07, 6.45) is 2.69. The number of fused-ring (bicyclic) bond motifs is 1. The van der Waals surface area contributed by atoms with Gasteiger partial charge in [0.2, 0.25) is 0 Å². The van der Waals surface area contributed by atoms with Crippen molar-refractivity contribution in [2.75, 3.05) is 6.54 Å². The van der Waals surface area contributed by atoms with Gasteiger partial charge >= 0.3 is 0 Å². The van der Waals surface area contributed by atoms with E-state index in [1.165, 1.54) is 6.07 Å². The van der Waals surface area contributed by atoms with E-state index in [1.54, 1.807) is 0 Å². The Labute approximate surface area is 122 Å². The molecule has 1 aromatic carbocycles. The monoisotopic (exact) mass is 289 g/mol. The summed E-state index contributed by atoms with van der Waals surface area (Å²) in [5.74, 6) is -1.24. The van der Waals surface area contributed by atoms with Crippen LogP contribution in [0.25, 0.3) is 11.4 Å². The minimum atomic E-state index is -0.868. The van der Waals surface area contributed by atoms with Crippen molar-refractivity contribution in [2.45, 2.75) is 32.7 Å². The van der Waals surface area contributed by atoms with Gasteiger partial charge in [0.25, 0.3) is 0 Å². The van der Waals surface area contributed by atoms with Crippen molar-refractivity contribution in [1.82, 2.24) is 15.3 Å². The second kappa shape index (κ2) is 5.85. The summed E-state index contributed by atoms with van der Waals surface area (Å²) >= 11 is 0. The number of halogens is 2. The molecule has 0 amide bonds. The summed E-state index contributed by atoms with van der Waals surface area (Å²) in [6.45, 7) is 3.76. The van der Waals surface area contributed by atoms with Gasteiger partial charge in [0.15, 0.2) is 17.5 Å². The van der Waals surface area contributed by atoms with E-state index in [4.69, 9.17) is 0 Å². The van der Waals surface area contributed by atoms with Crippen LogP contribution in [0, 0.1) is 11.6 Å². The molecule has 0 saturated carbocycles. The van der Waals surface area contributed by atoms with Crippen LogP contribution in [0.1, 0.15) is 30.3 Å². The number of aromatic nitrogens is 2. The lowest BCUT2D eigenvalue weighted by atomic mass is 10.0. The third-order valence-corrected chi connectivity index (χ3v) is 3.68. The van der Waals surface area contributed by atoms with Crippen molar-refractivity contribution in [1.29, 1.82) is 0 Å². The molecular formula is C16H17F2N3. The molecular weight excluding hydrogens is 272 g/mol. The Morgan fingerprint density at radius 2 is 2.05 bits per heavy atom. The number of hydrogen-bond acceptors (Lipinski definition) is 3. The van der Waals surface area contributed by atoms with Gasteiger partial charge in [-0.05, 0) is 24.6 Å². The lowest BCUT2D eigenvalue weighted by Gasteiger charge is -2.20. The summed E-state index contributed by atoms with van der Waals surface area (Å²) in [5, 5.41) is 3.33. The van der Waals surface area contributed by atoms with Crippen molar-refractivity contribution in [3.63, 3.8) is 0 Å². The molecule has 3 nitrogen and oxygen atoms in total. The highest BCUT2D eigenvalue weighted by Crippen LogP contribution is 2.23. The molecule has 0 radical (unpaired) electrons. The largest absolute Gasteiger partial charge is 0.312 e. The van der Waals surface area contributed by atoms with Crippen LogP contribution in [-0.4, -0.2) is 16.5 Å². The first-order valence-electron chi connectivity index (χ1n) is 7.24. The minimum Gasteiger partial charge on any atom is -0.312 e. The van der Waals surface area contributed by atoms with Crippen molar-refractivity contribution < 1.29 is 8.78 Å².